The minimum absolute atomic E-state index is 0.139. The number of carbonyl (C=O) groups is 3. The molecule has 3 amide bonds. The number of aromatic nitrogens is 2. The summed E-state index contributed by atoms with van der Waals surface area (Å²) >= 11 is 22.2. The number of hydrogen-bond donors (Lipinski definition) is 3. The molecule has 0 unspecified atom stereocenters. The third-order valence-electron chi connectivity index (χ3n) is 1.73. The summed E-state index contributed by atoms with van der Waals surface area (Å²) in [7, 11) is 0. The van der Waals surface area contributed by atoms with Crippen molar-refractivity contribution in [2.24, 2.45) is 0 Å². The van der Waals surface area contributed by atoms with Crippen molar-refractivity contribution < 1.29 is 14.4 Å². The number of nitrogens with one attached hydrogen (secondary N) is 3. The van der Waals surface area contributed by atoms with Gasteiger partial charge in [0.25, 0.3) is 11.8 Å². The van der Waals surface area contributed by atoms with Crippen molar-refractivity contribution in [2.45, 2.75) is 16.1 Å². The lowest BCUT2D eigenvalue weighted by atomic mass is 10.4. The summed E-state index contributed by atoms with van der Waals surface area (Å²) in [6, 6.07) is 0. The standard InChI is InChI=1S/C8H7Cl4N5O3S/c9-4(10)6(19)13-8-17-15-3(21-8)1-2(18)14-16-7(20)5(11)12/h4-5H,1H2,(H,14,18)(H,16,20)(H,13,17,19). The van der Waals surface area contributed by atoms with Gasteiger partial charge in [0.1, 0.15) is 5.01 Å². The van der Waals surface area contributed by atoms with Gasteiger partial charge in [0.05, 0.1) is 6.42 Å². The molecule has 0 aliphatic heterocycles. The summed E-state index contributed by atoms with van der Waals surface area (Å²) in [5, 5.41) is 10.0. The van der Waals surface area contributed by atoms with Gasteiger partial charge in [-0.2, -0.15) is 0 Å². The molecular weight excluding hydrogens is 388 g/mol. The first-order chi connectivity index (χ1) is 9.79. The molecule has 0 atom stereocenters. The minimum Gasteiger partial charge on any atom is -0.298 e. The van der Waals surface area contributed by atoms with Crippen LogP contribution in [0.25, 0.3) is 0 Å². The van der Waals surface area contributed by atoms with E-state index in [-0.39, 0.29) is 11.6 Å². The van der Waals surface area contributed by atoms with Crippen molar-refractivity contribution in [3.05, 3.63) is 5.01 Å². The van der Waals surface area contributed by atoms with E-state index in [0.717, 1.165) is 11.3 Å². The van der Waals surface area contributed by atoms with Gasteiger partial charge in [-0.1, -0.05) is 57.7 Å². The highest BCUT2D eigenvalue weighted by Gasteiger charge is 2.16. The fourth-order valence-electron chi connectivity index (χ4n) is 0.903. The van der Waals surface area contributed by atoms with Gasteiger partial charge < -0.3 is 0 Å². The van der Waals surface area contributed by atoms with E-state index in [9.17, 15) is 14.4 Å². The second-order valence-corrected chi connectivity index (χ2v) is 6.56. The molecule has 0 fully saturated rings. The summed E-state index contributed by atoms with van der Waals surface area (Å²) in [6.45, 7) is 0. The van der Waals surface area contributed by atoms with Crippen molar-refractivity contribution in [1.29, 1.82) is 0 Å². The number of alkyl halides is 4. The van der Waals surface area contributed by atoms with Gasteiger partial charge in [-0.25, -0.2) is 0 Å². The van der Waals surface area contributed by atoms with Crippen molar-refractivity contribution >= 4 is 80.6 Å². The average molecular weight is 395 g/mol. The van der Waals surface area contributed by atoms with Gasteiger partial charge >= 0.3 is 0 Å². The lowest BCUT2D eigenvalue weighted by Crippen LogP contribution is -2.44. The van der Waals surface area contributed by atoms with Gasteiger partial charge in [0, 0.05) is 0 Å². The van der Waals surface area contributed by atoms with Crippen molar-refractivity contribution in [2.75, 3.05) is 5.32 Å². The van der Waals surface area contributed by atoms with Crippen LogP contribution in [0, 0.1) is 0 Å². The zero-order chi connectivity index (χ0) is 16.0. The molecule has 13 heteroatoms. The van der Waals surface area contributed by atoms with E-state index in [1.165, 1.54) is 0 Å². The van der Waals surface area contributed by atoms with Crippen LogP contribution in [0.1, 0.15) is 5.01 Å². The molecule has 1 aromatic rings. The summed E-state index contributed by atoms with van der Waals surface area (Å²) in [5.41, 5.74) is 4.09. The largest absolute Gasteiger partial charge is 0.298 e. The number of rotatable bonds is 5. The highest BCUT2D eigenvalue weighted by molar-refractivity contribution is 7.15. The highest BCUT2D eigenvalue weighted by atomic mass is 35.5. The van der Waals surface area contributed by atoms with Crippen LogP contribution in [0.15, 0.2) is 0 Å². The fourth-order valence-corrected chi connectivity index (χ4v) is 1.86. The number of nitrogens with zero attached hydrogens (tertiary/aromatic N) is 2. The average Bonchev–Trinajstić information content (AvgIpc) is 2.82. The monoisotopic (exact) mass is 393 g/mol. The van der Waals surface area contributed by atoms with Crippen molar-refractivity contribution in [3.63, 3.8) is 0 Å². The third kappa shape index (κ3) is 6.62. The Morgan fingerprint density at radius 3 is 2.19 bits per heavy atom. The molecule has 0 saturated carbocycles. The first kappa shape index (κ1) is 18.2. The maximum absolute atomic E-state index is 11.5. The maximum Gasteiger partial charge on any atom is 0.271 e. The Morgan fingerprint density at radius 2 is 1.62 bits per heavy atom. The first-order valence-electron chi connectivity index (χ1n) is 5.08. The van der Waals surface area contributed by atoms with Crippen LogP contribution in [0.4, 0.5) is 5.13 Å². The van der Waals surface area contributed by atoms with E-state index in [2.05, 4.69) is 20.9 Å². The summed E-state index contributed by atoms with van der Waals surface area (Å²) in [5.74, 6) is -2.00. The number of anilines is 1. The quantitative estimate of drug-likeness (QED) is 0.504. The lowest BCUT2D eigenvalue weighted by molar-refractivity contribution is -0.127. The zero-order valence-electron chi connectivity index (χ0n) is 9.90. The number of hydrogen-bond acceptors (Lipinski definition) is 6. The summed E-state index contributed by atoms with van der Waals surface area (Å²) < 4.78 is 0. The predicted molar refractivity (Wildman–Crippen MR) is 79.5 cm³/mol. The molecule has 21 heavy (non-hydrogen) atoms. The molecule has 1 heterocycles. The smallest absolute Gasteiger partial charge is 0.271 e. The third-order valence-corrected chi connectivity index (χ3v) is 3.36. The fraction of sp³-hybridized carbons (Fsp3) is 0.375. The van der Waals surface area contributed by atoms with Gasteiger partial charge in [0.15, 0.2) is 9.67 Å². The van der Waals surface area contributed by atoms with Crippen LogP contribution < -0.4 is 16.2 Å². The van der Waals surface area contributed by atoms with Gasteiger partial charge in [-0.05, 0) is 0 Å². The Bertz CT molecular complexity index is 538. The highest BCUT2D eigenvalue weighted by Crippen LogP contribution is 2.17. The molecule has 0 saturated heterocycles. The Hall–Kier alpha value is -0.870. The normalized spacial score (nSPS) is 10.6. The number of carbonyl (C=O) groups excluding carboxylic acids is 3. The summed E-state index contributed by atoms with van der Waals surface area (Å²) in [4.78, 5) is 31.1. The molecule has 0 bridgehead atoms. The topological polar surface area (TPSA) is 113 Å². The van der Waals surface area contributed by atoms with E-state index in [0.29, 0.717) is 5.01 Å². The molecule has 3 N–H and O–H groups in total. The van der Waals surface area contributed by atoms with Gasteiger partial charge in [-0.3, -0.25) is 30.6 Å². The SMILES string of the molecule is O=C(Cc1nnc(NC(=O)C(Cl)Cl)s1)NNC(=O)C(Cl)Cl. The molecule has 0 aliphatic rings. The van der Waals surface area contributed by atoms with Gasteiger partial charge in [0.2, 0.25) is 11.0 Å². The second kappa shape index (κ2) is 8.54. The van der Waals surface area contributed by atoms with E-state index in [1.807, 2.05) is 5.43 Å². The Morgan fingerprint density at radius 1 is 1.00 bits per heavy atom. The predicted octanol–water partition coefficient (Wildman–Crippen LogP) is 0.774. The minimum atomic E-state index is -1.30. The molecule has 0 radical (unpaired) electrons. The maximum atomic E-state index is 11.5. The number of hydrazine groups is 1. The molecular formula is C8H7Cl4N5O3S. The number of amides is 3. The van der Waals surface area contributed by atoms with Crippen LogP contribution in [-0.4, -0.2) is 37.6 Å². The second-order valence-electron chi connectivity index (χ2n) is 3.31. The molecule has 8 nitrogen and oxygen atoms in total. The van der Waals surface area contributed by atoms with Crippen molar-refractivity contribution in [3.8, 4) is 0 Å². The Kier molecular flexibility index (Phi) is 7.40. The molecule has 0 aliphatic carbocycles. The van der Waals surface area contributed by atoms with E-state index in [4.69, 9.17) is 46.4 Å². The molecule has 1 rings (SSSR count). The first-order valence-corrected chi connectivity index (χ1v) is 7.64. The van der Waals surface area contributed by atoms with E-state index in [1.54, 1.807) is 0 Å². The lowest BCUT2D eigenvalue weighted by Gasteiger charge is -2.05. The van der Waals surface area contributed by atoms with Gasteiger partial charge in [-0.15, -0.1) is 10.2 Å². The number of halogens is 4. The van der Waals surface area contributed by atoms with Crippen LogP contribution >= 0.6 is 57.7 Å². The van der Waals surface area contributed by atoms with Crippen molar-refractivity contribution in [1.82, 2.24) is 21.0 Å². The van der Waals surface area contributed by atoms with E-state index >= 15 is 0 Å². The molecule has 0 aromatic carbocycles. The van der Waals surface area contributed by atoms with Crippen LogP contribution in [-0.2, 0) is 20.8 Å². The zero-order valence-corrected chi connectivity index (χ0v) is 13.7. The molecule has 116 valence electrons. The summed E-state index contributed by atoms with van der Waals surface area (Å²) in [6.07, 6.45) is -0.172. The van der Waals surface area contributed by atoms with Crippen LogP contribution in [0.2, 0.25) is 0 Å². The Labute approximate surface area is 142 Å². The van der Waals surface area contributed by atoms with E-state index < -0.39 is 27.4 Å². The van der Waals surface area contributed by atoms with Crippen LogP contribution in [0.3, 0.4) is 0 Å². The molecule has 0 spiro atoms. The van der Waals surface area contributed by atoms with Crippen LogP contribution in [0.5, 0.6) is 0 Å². The molecule has 1 aromatic heterocycles. The Balaban J connectivity index is 2.45.